The minimum Gasteiger partial charge on any atom is -0.434 e. The Labute approximate surface area is 180 Å². The molecule has 0 aromatic heterocycles. The zero-order valence-corrected chi connectivity index (χ0v) is 17.7. The predicted molar refractivity (Wildman–Crippen MR) is 114 cm³/mol. The highest BCUT2D eigenvalue weighted by molar-refractivity contribution is 5.79. The van der Waals surface area contributed by atoms with E-state index in [0.717, 1.165) is 25.0 Å². The molecule has 31 heavy (non-hydrogen) atoms. The molecule has 5 nitrogen and oxygen atoms in total. The number of ether oxygens (including phenoxy) is 2. The molecule has 2 unspecified atom stereocenters. The van der Waals surface area contributed by atoms with E-state index in [1.54, 1.807) is 7.05 Å². The number of guanidine groups is 1. The number of aryl methyl sites for hydroxylation is 1. The Morgan fingerprint density at radius 3 is 2.68 bits per heavy atom. The van der Waals surface area contributed by atoms with Crippen LogP contribution in [0.3, 0.4) is 0 Å². The van der Waals surface area contributed by atoms with Crippen LogP contribution in [0.15, 0.2) is 47.5 Å². The fourth-order valence-electron chi connectivity index (χ4n) is 3.71. The Kier molecular flexibility index (Phi) is 8.17. The summed E-state index contributed by atoms with van der Waals surface area (Å²) in [6, 6.07) is 12.2. The molecular weight excluding hydrogens is 407 g/mol. The van der Waals surface area contributed by atoms with Crippen molar-refractivity contribution < 1.29 is 22.6 Å². The number of nitrogens with zero attached hydrogens (tertiary/aromatic N) is 1. The standard InChI is InChI=1S/C23H28F3N3O2/c1-15-8-10-16(11-9-15)21-17(5-4-12-30-21)13-28-23(27-2)29-14-18-19(24)6-3-7-20(18)31-22(25)26/h3,6-11,17,21-22H,4-5,12-14H2,1-2H3,(H2,27,28,29). The highest BCUT2D eigenvalue weighted by atomic mass is 19.3. The van der Waals surface area contributed by atoms with Crippen molar-refractivity contribution in [2.75, 3.05) is 20.2 Å². The average molecular weight is 435 g/mol. The van der Waals surface area contributed by atoms with Gasteiger partial charge in [-0.25, -0.2) is 4.39 Å². The third kappa shape index (κ3) is 6.37. The minimum atomic E-state index is -3.03. The molecule has 168 valence electrons. The zero-order valence-electron chi connectivity index (χ0n) is 17.7. The molecule has 2 N–H and O–H groups in total. The van der Waals surface area contributed by atoms with Crippen LogP contribution < -0.4 is 15.4 Å². The van der Waals surface area contributed by atoms with Crippen LogP contribution in [0, 0.1) is 18.7 Å². The molecule has 1 aliphatic heterocycles. The fraction of sp³-hybridized carbons (Fsp3) is 0.435. The van der Waals surface area contributed by atoms with E-state index in [1.807, 2.05) is 6.92 Å². The van der Waals surface area contributed by atoms with E-state index >= 15 is 0 Å². The molecule has 0 radical (unpaired) electrons. The maximum Gasteiger partial charge on any atom is 0.387 e. The topological polar surface area (TPSA) is 54.9 Å². The fourth-order valence-corrected chi connectivity index (χ4v) is 3.71. The predicted octanol–water partition coefficient (Wildman–Crippen LogP) is 4.57. The van der Waals surface area contributed by atoms with Crippen LogP contribution in [-0.2, 0) is 11.3 Å². The number of hydrogen-bond donors (Lipinski definition) is 2. The van der Waals surface area contributed by atoms with Gasteiger partial charge in [-0.3, -0.25) is 4.99 Å². The Hall–Kier alpha value is -2.74. The van der Waals surface area contributed by atoms with Crippen LogP contribution >= 0.6 is 0 Å². The van der Waals surface area contributed by atoms with Gasteiger partial charge in [-0.1, -0.05) is 35.9 Å². The van der Waals surface area contributed by atoms with Gasteiger partial charge in [-0.2, -0.15) is 8.78 Å². The van der Waals surface area contributed by atoms with Crippen LogP contribution in [0.25, 0.3) is 0 Å². The first-order valence-corrected chi connectivity index (χ1v) is 10.3. The van der Waals surface area contributed by atoms with E-state index in [2.05, 4.69) is 44.6 Å². The number of hydrogen-bond acceptors (Lipinski definition) is 3. The molecule has 1 fully saturated rings. The van der Waals surface area contributed by atoms with Gasteiger partial charge in [-0.05, 0) is 37.5 Å². The summed E-state index contributed by atoms with van der Waals surface area (Å²) >= 11 is 0. The highest BCUT2D eigenvalue weighted by Gasteiger charge is 2.27. The first kappa shape index (κ1) is 22.9. The first-order valence-electron chi connectivity index (χ1n) is 10.3. The Balaban J connectivity index is 1.61. The van der Waals surface area contributed by atoms with Gasteiger partial charge in [0.05, 0.1) is 6.10 Å². The van der Waals surface area contributed by atoms with Crippen molar-refractivity contribution in [3.63, 3.8) is 0 Å². The quantitative estimate of drug-likeness (QED) is 0.494. The van der Waals surface area contributed by atoms with E-state index in [9.17, 15) is 13.2 Å². The molecule has 1 saturated heterocycles. The van der Waals surface area contributed by atoms with Crippen LogP contribution in [0.1, 0.15) is 35.6 Å². The molecule has 2 aromatic rings. The second-order valence-electron chi connectivity index (χ2n) is 7.51. The lowest BCUT2D eigenvalue weighted by Gasteiger charge is -2.32. The SMILES string of the molecule is CN=C(NCc1c(F)cccc1OC(F)F)NCC1CCCOC1c1ccc(C)cc1. The molecule has 0 aliphatic carbocycles. The van der Waals surface area contributed by atoms with Crippen LogP contribution in [0.2, 0.25) is 0 Å². The molecular formula is C23H28F3N3O2. The third-order valence-corrected chi connectivity index (χ3v) is 5.33. The number of alkyl halides is 2. The van der Waals surface area contributed by atoms with Crippen molar-refractivity contribution in [1.82, 2.24) is 10.6 Å². The molecule has 0 amide bonds. The molecule has 0 saturated carbocycles. The second kappa shape index (κ2) is 11.0. The molecule has 2 atom stereocenters. The van der Waals surface area contributed by atoms with Crippen LogP contribution in [0.4, 0.5) is 13.2 Å². The molecule has 1 aliphatic rings. The summed E-state index contributed by atoms with van der Waals surface area (Å²) in [6.07, 6.45) is 1.96. The molecule has 0 bridgehead atoms. The summed E-state index contributed by atoms with van der Waals surface area (Å²) in [5.41, 5.74) is 2.35. The van der Waals surface area contributed by atoms with E-state index in [0.29, 0.717) is 12.5 Å². The number of nitrogens with one attached hydrogen (secondary N) is 2. The number of halogens is 3. The summed E-state index contributed by atoms with van der Waals surface area (Å²) < 4.78 is 49.8. The van der Waals surface area contributed by atoms with Gasteiger partial charge in [0.2, 0.25) is 0 Å². The molecule has 1 heterocycles. The largest absolute Gasteiger partial charge is 0.434 e. The number of aliphatic imine (C=N–C) groups is 1. The third-order valence-electron chi connectivity index (χ3n) is 5.33. The maximum atomic E-state index is 14.2. The van der Waals surface area contributed by atoms with Gasteiger partial charge in [0.15, 0.2) is 5.96 Å². The summed E-state index contributed by atoms with van der Waals surface area (Å²) in [4.78, 5) is 4.16. The number of benzene rings is 2. The summed E-state index contributed by atoms with van der Waals surface area (Å²) in [7, 11) is 1.60. The van der Waals surface area contributed by atoms with Crippen molar-refractivity contribution in [3.8, 4) is 5.75 Å². The van der Waals surface area contributed by atoms with Crippen molar-refractivity contribution in [2.24, 2.45) is 10.9 Å². The molecule has 0 spiro atoms. The lowest BCUT2D eigenvalue weighted by Crippen LogP contribution is -2.41. The molecule has 8 heteroatoms. The monoisotopic (exact) mass is 435 g/mol. The van der Waals surface area contributed by atoms with E-state index in [4.69, 9.17) is 4.74 Å². The van der Waals surface area contributed by atoms with Crippen LogP contribution in [-0.4, -0.2) is 32.8 Å². The molecule has 3 rings (SSSR count). The first-order chi connectivity index (χ1) is 15.0. The second-order valence-corrected chi connectivity index (χ2v) is 7.51. The van der Waals surface area contributed by atoms with Gasteiger partial charge < -0.3 is 20.1 Å². The van der Waals surface area contributed by atoms with Gasteiger partial charge in [0, 0.05) is 38.2 Å². The van der Waals surface area contributed by atoms with E-state index in [-0.39, 0.29) is 29.9 Å². The van der Waals surface area contributed by atoms with E-state index < -0.39 is 12.4 Å². The maximum absolute atomic E-state index is 14.2. The van der Waals surface area contributed by atoms with Crippen molar-refractivity contribution in [3.05, 3.63) is 65.0 Å². The van der Waals surface area contributed by atoms with Crippen molar-refractivity contribution in [1.29, 1.82) is 0 Å². The smallest absolute Gasteiger partial charge is 0.387 e. The van der Waals surface area contributed by atoms with Gasteiger partial charge >= 0.3 is 6.61 Å². The lowest BCUT2D eigenvalue weighted by atomic mass is 9.89. The molecule has 2 aromatic carbocycles. The summed E-state index contributed by atoms with van der Waals surface area (Å²) in [5, 5.41) is 6.22. The van der Waals surface area contributed by atoms with Crippen LogP contribution in [0.5, 0.6) is 5.75 Å². The Bertz CT molecular complexity index is 875. The Morgan fingerprint density at radius 2 is 1.97 bits per heavy atom. The van der Waals surface area contributed by atoms with Crippen molar-refractivity contribution in [2.45, 2.75) is 39.0 Å². The highest BCUT2D eigenvalue weighted by Crippen LogP contribution is 2.33. The van der Waals surface area contributed by atoms with Gasteiger partial charge in [0.1, 0.15) is 11.6 Å². The zero-order chi connectivity index (χ0) is 22.2. The summed E-state index contributed by atoms with van der Waals surface area (Å²) in [5.74, 6) is -0.139. The van der Waals surface area contributed by atoms with Crippen molar-refractivity contribution >= 4 is 5.96 Å². The normalized spacial score (nSPS) is 19.4. The minimum absolute atomic E-state index is 0.0161. The average Bonchev–Trinajstić information content (AvgIpc) is 2.76. The van der Waals surface area contributed by atoms with Gasteiger partial charge in [-0.15, -0.1) is 0 Å². The van der Waals surface area contributed by atoms with Gasteiger partial charge in [0.25, 0.3) is 0 Å². The Morgan fingerprint density at radius 1 is 1.19 bits per heavy atom. The summed E-state index contributed by atoms with van der Waals surface area (Å²) in [6.45, 7) is 0.311. The number of rotatable bonds is 7. The lowest BCUT2D eigenvalue weighted by molar-refractivity contribution is -0.0506. The van der Waals surface area contributed by atoms with E-state index in [1.165, 1.54) is 23.8 Å².